The van der Waals surface area contributed by atoms with Crippen molar-refractivity contribution < 1.29 is 9.50 Å². The third-order valence-electron chi connectivity index (χ3n) is 5.53. The second-order valence-corrected chi connectivity index (χ2v) is 8.87. The summed E-state index contributed by atoms with van der Waals surface area (Å²) in [4.78, 5) is 27.2. The number of nitrogens with one attached hydrogen (secondary N) is 1. The Morgan fingerprint density at radius 2 is 1.88 bits per heavy atom. The monoisotopic (exact) mass is 433 g/mol. The van der Waals surface area contributed by atoms with E-state index in [-0.39, 0.29) is 29.5 Å². The molecule has 0 saturated heterocycles. The van der Waals surface area contributed by atoms with Crippen molar-refractivity contribution in [3.63, 3.8) is 0 Å². The molecule has 2 aromatic heterocycles. The summed E-state index contributed by atoms with van der Waals surface area (Å²) in [5, 5.41) is 14.6. The van der Waals surface area contributed by atoms with Crippen LogP contribution >= 0.6 is 0 Å². The summed E-state index contributed by atoms with van der Waals surface area (Å²) in [6.07, 6.45) is 3.05. The Morgan fingerprint density at radius 3 is 2.56 bits per heavy atom. The van der Waals surface area contributed by atoms with Crippen molar-refractivity contribution in [1.29, 1.82) is 0 Å². The molecule has 2 heterocycles. The van der Waals surface area contributed by atoms with Crippen molar-refractivity contribution in [3.8, 4) is 11.1 Å². The number of H-pyrrole nitrogens is 1. The lowest BCUT2D eigenvalue weighted by atomic mass is 9.86. The molecule has 0 aliphatic rings. The molecule has 7 heteroatoms. The Balaban J connectivity index is 1.73. The molecule has 2 aromatic carbocycles. The number of aliphatic hydroxyl groups excluding tert-OH is 1. The summed E-state index contributed by atoms with van der Waals surface area (Å²) in [5.74, 6) is -0.561. The van der Waals surface area contributed by atoms with E-state index >= 15 is 0 Å². The third kappa shape index (κ3) is 4.11. The van der Waals surface area contributed by atoms with E-state index in [1.165, 1.54) is 23.0 Å². The molecular formula is C25H24FN3O3. The van der Waals surface area contributed by atoms with Crippen LogP contribution in [0.25, 0.3) is 21.9 Å². The Bertz CT molecular complexity index is 1430. The maximum Gasteiger partial charge on any atom is 0.277 e. The van der Waals surface area contributed by atoms with Crippen LogP contribution in [0, 0.1) is 5.82 Å². The van der Waals surface area contributed by atoms with E-state index in [0.29, 0.717) is 16.5 Å². The highest BCUT2D eigenvalue weighted by Crippen LogP contribution is 2.27. The predicted octanol–water partition coefficient (Wildman–Crippen LogP) is 3.73. The number of aliphatic hydroxyl groups is 1. The third-order valence-corrected chi connectivity index (χ3v) is 5.53. The number of pyridine rings is 1. The van der Waals surface area contributed by atoms with E-state index in [4.69, 9.17) is 0 Å². The van der Waals surface area contributed by atoms with Crippen LogP contribution in [0.4, 0.5) is 4.39 Å². The molecule has 0 fully saturated rings. The summed E-state index contributed by atoms with van der Waals surface area (Å²) in [5.41, 5.74) is 2.54. The van der Waals surface area contributed by atoms with Gasteiger partial charge in [-0.15, -0.1) is 0 Å². The van der Waals surface area contributed by atoms with Gasteiger partial charge in [0.1, 0.15) is 5.82 Å². The Kier molecular flexibility index (Phi) is 5.52. The zero-order chi connectivity index (χ0) is 23.0. The summed E-state index contributed by atoms with van der Waals surface area (Å²) in [7, 11) is 0. The first-order valence-corrected chi connectivity index (χ1v) is 10.3. The van der Waals surface area contributed by atoms with Gasteiger partial charge in [-0.1, -0.05) is 39.0 Å². The molecule has 0 aliphatic carbocycles. The molecule has 164 valence electrons. The van der Waals surface area contributed by atoms with E-state index in [1.54, 1.807) is 36.5 Å². The van der Waals surface area contributed by atoms with Crippen LogP contribution < -0.4 is 11.1 Å². The van der Waals surface area contributed by atoms with Gasteiger partial charge in [-0.05, 0) is 51.4 Å². The fourth-order valence-corrected chi connectivity index (χ4v) is 3.76. The van der Waals surface area contributed by atoms with Gasteiger partial charge in [0.25, 0.3) is 5.56 Å². The minimum absolute atomic E-state index is 0.00973. The molecule has 2 N–H and O–H groups in total. The SMILES string of the molecule is CC(C)(C)c1cc(F)c2c(=O)n(Cc3ccc(-c4cc[nH]c(=O)c4)c(CO)c3)ncc2c1. The standard InChI is InChI=1S/C25H24FN3O3/c1-25(2,3)19-9-17-12-28-29(24(32)23(17)21(26)11-19)13-15-4-5-20(18(8-15)14-30)16-6-7-27-22(31)10-16/h4-12,30H,13-14H2,1-3H3,(H,27,31). The Morgan fingerprint density at radius 1 is 1.09 bits per heavy atom. The number of aromatic nitrogens is 3. The lowest BCUT2D eigenvalue weighted by molar-refractivity contribution is 0.282. The van der Waals surface area contributed by atoms with Crippen LogP contribution in [-0.2, 0) is 18.6 Å². The molecule has 32 heavy (non-hydrogen) atoms. The molecule has 0 spiro atoms. The van der Waals surface area contributed by atoms with Gasteiger partial charge in [0.2, 0.25) is 5.56 Å². The average Bonchev–Trinajstić information content (AvgIpc) is 2.74. The average molecular weight is 433 g/mol. The van der Waals surface area contributed by atoms with Crippen LogP contribution in [0.15, 0.2) is 64.4 Å². The molecule has 6 nitrogen and oxygen atoms in total. The largest absolute Gasteiger partial charge is 0.392 e. The van der Waals surface area contributed by atoms with Crippen LogP contribution in [-0.4, -0.2) is 19.9 Å². The van der Waals surface area contributed by atoms with Crippen molar-refractivity contribution in [2.45, 2.75) is 39.3 Å². The molecule has 0 radical (unpaired) electrons. The van der Waals surface area contributed by atoms with Crippen molar-refractivity contribution in [2.24, 2.45) is 0 Å². The van der Waals surface area contributed by atoms with Gasteiger partial charge in [0, 0.05) is 17.6 Å². The molecular weight excluding hydrogens is 409 g/mol. The zero-order valence-corrected chi connectivity index (χ0v) is 18.1. The van der Waals surface area contributed by atoms with E-state index < -0.39 is 11.4 Å². The van der Waals surface area contributed by atoms with E-state index in [9.17, 15) is 19.1 Å². The summed E-state index contributed by atoms with van der Waals surface area (Å²) < 4.78 is 16.1. The molecule has 0 bridgehead atoms. The highest BCUT2D eigenvalue weighted by molar-refractivity contribution is 5.82. The van der Waals surface area contributed by atoms with Crippen molar-refractivity contribution in [3.05, 3.63) is 98.1 Å². The topological polar surface area (TPSA) is 88.0 Å². The molecule has 0 atom stereocenters. The Labute approximate surface area is 184 Å². The lowest BCUT2D eigenvalue weighted by Gasteiger charge is -2.20. The Hall–Kier alpha value is -3.58. The number of fused-ring (bicyclic) bond motifs is 1. The molecule has 4 aromatic rings. The summed E-state index contributed by atoms with van der Waals surface area (Å²) >= 11 is 0. The fourth-order valence-electron chi connectivity index (χ4n) is 3.76. The van der Waals surface area contributed by atoms with Crippen LogP contribution in [0.3, 0.4) is 0 Å². The van der Waals surface area contributed by atoms with Crippen LogP contribution in [0.2, 0.25) is 0 Å². The van der Waals surface area contributed by atoms with Crippen molar-refractivity contribution in [1.82, 2.24) is 14.8 Å². The van der Waals surface area contributed by atoms with Gasteiger partial charge >= 0.3 is 0 Å². The van der Waals surface area contributed by atoms with Gasteiger partial charge in [-0.25, -0.2) is 9.07 Å². The summed E-state index contributed by atoms with van der Waals surface area (Å²) in [6, 6.07) is 11.8. The fraction of sp³-hybridized carbons (Fsp3) is 0.240. The van der Waals surface area contributed by atoms with E-state index in [2.05, 4.69) is 10.1 Å². The molecule has 0 saturated carbocycles. The lowest BCUT2D eigenvalue weighted by Crippen LogP contribution is -2.24. The number of rotatable bonds is 4. The van der Waals surface area contributed by atoms with Gasteiger partial charge in [0.15, 0.2) is 0 Å². The van der Waals surface area contributed by atoms with Gasteiger partial charge in [-0.3, -0.25) is 9.59 Å². The molecule has 0 amide bonds. The molecule has 4 rings (SSSR count). The van der Waals surface area contributed by atoms with E-state index in [0.717, 1.165) is 16.7 Å². The van der Waals surface area contributed by atoms with E-state index in [1.807, 2.05) is 20.8 Å². The first-order chi connectivity index (χ1) is 15.2. The highest BCUT2D eigenvalue weighted by Gasteiger charge is 2.18. The second kappa shape index (κ2) is 8.16. The number of hydrogen-bond donors (Lipinski definition) is 2. The summed E-state index contributed by atoms with van der Waals surface area (Å²) in [6.45, 7) is 5.83. The number of aromatic amines is 1. The van der Waals surface area contributed by atoms with Crippen LogP contribution in [0.5, 0.6) is 0 Å². The molecule has 0 aliphatic heterocycles. The predicted molar refractivity (Wildman–Crippen MR) is 122 cm³/mol. The number of halogens is 1. The normalized spacial score (nSPS) is 11.8. The highest BCUT2D eigenvalue weighted by atomic mass is 19.1. The first kappa shape index (κ1) is 21.6. The number of nitrogens with zero attached hydrogens (tertiary/aromatic N) is 2. The maximum absolute atomic E-state index is 14.8. The second-order valence-electron chi connectivity index (χ2n) is 8.87. The molecule has 0 unspecified atom stereocenters. The number of hydrogen-bond acceptors (Lipinski definition) is 4. The minimum Gasteiger partial charge on any atom is -0.392 e. The first-order valence-electron chi connectivity index (χ1n) is 10.3. The quantitative estimate of drug-likeness (QED) is 0.513. The minimum atomic E-state index is -0.561. The van der Waals surface area contributed by atoms with Crippen molar-refractivity contribution in [2.75, 3.05) is 0 Å². The van der Waals surface area contributed by atoms with Crippen LogP contribution in [0.1, 0.15) is 37.5 Å². The number of benzene rings is 2. The van der Waals surface area contributed by atoms with Gasteiger partial charge < -0.3 is 10.1 Å². The zero-order valence-electron chi connectivity index (χ0n) is 18.1. The van der Waals surface area contributed by atoms with Crippen molar-refractivity contribution >= 4 is 10.8 Å². The smallest absolute Gasteiger partial charge is 0.277 e. The van der Waals surface area contributed by atoms with Gasteiger partial charge in [0.05, 0.1) is 24.7 Å². The maximum atomic E-state index is 14.8. The van der Waals surface area contributed by atoms with Gasteiger partial charge in [-0.2, -0.15) is 5.10 Å².